The summed E-state index contributed by atoms with van der Waals surface area (Å²) in [6.45, 7) is 11.6. The minimum absolute atomic E-state index is 0.0174. The molecule has 0 spiro atoms. The summed E-state index contributed by atoms with van der Waals surface area (Å²) in [5, 5.41) is 0. The molecule has 0 aliphatic rings. The van der Waals surface area contributed by atoms with Gasteiger partial charge in [-0.2, -0.15) is 0 Å². The maximum atomic E-state index is 12.6. The van der Waals surface area contributed by atoms with Gasteiger partial charge in [0.05, 0.1) is 17.6 Å². The van der Waals surface area contributed by atoms with E-state index in [4.69, 9.17) is 4.74 Å². The Morgan fingerprint density at radius 3 is 2.22 bits per heavy atom. The van der Waals surface area contributed by atoms with Crippen molar-refractivity contribution in [1.29, 1.82) is 0 Å². The summed E-state index contributed by atoms with van der Waals surface area (Å²) in [5.41, 5.74) is 0.304. The molecule has 1 aromatic carbocycles. The molecule has 0 unspecified atom stereocenters. The zero-order valence-electron chi connectivity index (χ0n) is 15.0. The van der Waals surface area contributed by atoms with Crippen LogP contribution in [0.2, 0.25) is 0 Å². The number of esters is 1. The molecule has 130 valence electrons. The Labute approximate surface area is 139 Å². The van der Waals surface area contributed by atoms with E-state index in [0.717, 1.165) is 0 Å². The quantitative estimate of drug-likeness (QED) is 0.834. The standard InChI is InChI=1S/C17H27NO4S/c1-12-8-9-13(10-14(12)15(19)22-7)23(20,21)18-17(5,6)11-16(2,3)4/h8-10,18H,11H2,1-7H3. The third kappa shape index (κ3) is 5.62. The average molecular weight is 341 g/mol. The molecular weight excluding hydrogens is 314 g/mol. The number of sulfonamides is 1. The van der Waals surface area contributed by atoms with E-state index in [1.165, 1.54) is 19.2 Å². The first kappa shape index (κ1) is 19.6. The Bertz CT molecular complexity index is 685. The van der Waals surface area contributed by atoms with E-state index in [0.29, 0.717) is 12.0 Å². The Morgan fingerprint density at radius 1 is 1.17 bits per heavy atom. The molecule has 1 aromatic rings. The number of aryl methyl sites for hydroxylation is 1. The molecule has 0 aliphatic carbocycles. The molecule has 1 rings (SSSR count). The topological polar surface area (TPSA) is 72.5 Å². The van der Waals surface area contributed by atoms with Crippen LogP contribution in [0.3, 0.4) is 0 Å². The van der Waals surface area contributed by atoms with Gasteiger partial charge in [-0.15, -0.1) is 0 Å². The number of carbonyl (C=O) groups is 1. The van der Waals surface area contributed by atoms with E-state index in [1.54, 1.807) is 13.0 Å². The predicted octanol–water partition coefficient (Wildman–Crippen LogP) is 3.27. The van der Waals surface area contributed by atoms with E-state index in [-0.39, 0.29) is 15.9 Å². The van der Waals surface area contributed by atoms with Gasteiger partial charge >= 0.3 is 5.97 Å². The van der Waals surface area contributed by atoms with Gasteiger partial charge in [-0.05, 0) is 50.3 Å². The number of rotatable bonds is 5. The molecular formula is C17H27NO4S. The molecule has 0 heterocycles. The van der Waals surface area contributed by atoms with E-state index >= 15 is 0 Å². The number of hydrogen-bond donors (Lipinski definition) is 1. The van der Waals surface area contributed by atoms with Gasteiger partial charge in [0.15, 0.2) is 0 Å². The van der Waals surface area contributed by atoms with Crippen molar-refractivity contribution in [3.8, 4) is 0 Å². The monoisotopic (exact) mass is 341 g/mol. The highest BCUT2D eigenvalue weighted by atomic mass is 32.2. The smallest absolute Gasteiger partial charge is 0.338 e. The molecule has 1 N–H and O–H groups in total. The Hall–Kier alpha value is -1.40. The summed E-state index contributed by atoms with van der Waals surface area (Å²) < 4.78 is 32.7. The lowest BCUT2D eigenvalue weighted by Crippen LogP contribution is -2.45. The van der Waals surface area contributed by atoms with E-state index in [2.05, 4.69) is 25.5 Å². The Morgan fingerprint density at radius 2 is 1.74 bits per heavy atom. The first-order valence-electron chi connectivity index (χ1n) is 7.50. The summed E-state index contributed by atoms with van der Waals surface area (Å²) in [4.78, 5) is 11.8. The van der Waals surface area contributed by atoms with Crippen LogP contribution in [0.1, 0.15) is 57.0 Å². The van der Waals surface area contributed by atoms with E-state index in [9.17, 15) is 13.2 Å². The van der Waals surface area contributed by atoms with Gasteiger partial charge < -0.3 is 4.74 Å². The number of ether oxygens (including phenoxy) is 1. The molecule has 0 aliphatic heterocycles. The van der Waals surface area contributed by atoms with Gasteiger partial charge in [0, 0.05) is 5.54 Å². The number of nitrogens with one attached hydrogen (secondary N) is 1. The lowest BCUT2D eigenvalue weighted by molar-refractivity contribution is 0.0599. The fraction of sp³-hybridized carbons (Fsp3) is 0.588. The van der Waals surface area contributed by atoms with Crippen LogP contribution in [0.5, 0.6) is 0 Å². The van der Waals surface area contributed by atoms with E-state index in [1.807, 2.05) is 13.8 Å². The molecule has 0 atom stereocenters. The van der Waals surface area contributed by atoms with Crippen molar-refractivity contribution in [2.24, 2.45) is 5.41 Å². The zero-order chi connectivity index (χ0) is 18.1. The molecule has 6 heteroatoms. The minimum Gasteiger partial charge on any atom is -0.465 e. The van der Waals surface area contributed by atoms with Crippen LogP contribution in [-0.2, 0) is 14.8 Å². The predicted molar refractivity (Wildman–Crippen MR) is 91.0 cm³/mol. The summed E-state index contributed by atoms with van der Waals surface area (Å²) >= 11 is 0. The first-order valence-corrected chi connectivity index (χ1v) is 8.99. The van der Waals surface area contributed by atoms with Crippen LogP contribution >= 0.6 is 0 Å². The molecule has 0 bridgehead atoms. The fourth-order valence-electron chi connectivity index (χ4n) is 2.88. The molecule has 0 saturated carbocycles. The van der Waals surface area contributed by atoms with Crippen molar-refractivity contribution in [2.45, 2.75) is 58.4 Å². The number of hydrogen-bond acceptors (Lipinski definition) is 4. The SMILES string of the molecule is COC(=O)c1cc(S(=O)(=O)NC(C)(C)CC(C)(C)C)ccc1C. The highest BCUT2D eigenvalue weighted by Gasteiger charge is 2.31. The highest BCUT2D eigenvalue weighted by Crippen LogP contribution is 2.28. The van der Waals surface area contributed by atoms with E-state index < -0.39 is 21.5 Å². The number of carbonyl (C=O) groups excluding carboxylic acids is 1. The van der Waals surface area contributed by atoms with Crippen molar-refractivity contribution < 1.29 is 17.9 Å². The molecule has 5 nitrogen and oxygen atoms in total. The van der Waals surface area contributed by atoms with Gasteiger partial charge in [0.2, 0.25) is 10.0 Å². The molecule has 0 amide bonds. The maximum Gasteiger partial charge on any atom is 0.338 e. The second-order valence-corrected chi connectivity index (χ2v) is 9.38. The fourth-order valence-corrected chi connectivity index (χ4v) is 4.32. The number of methoxy groups -OCH3 is 1. The van der Waals surface area contributed by atoms with Gasteiger partial charge in [-0.1, -0.05) is 26.8 Å². The van der Waals surface area contributed by atoms with Crippen molar-refractivity contribution >= 4 is 16.0 Å². The molecule has 0 radical (unpaired) electrons. The van der Waals surface area contributed by atoms with Gasteiger partial charge in [0.25, 0.3) is 0 Å². The third-order valence-corrected chi connectivity index (χ3v) is 5.00. The lowest BCUT2D eigenvalue weighted by Gasteiger charge is -2.33. The van der Waals surface area contributed by atoms with Crippen LogP contribution in [0, 0.1) is 12.3 Å². The molecule has 0 saturated heterocycles. The zero-order valence-corrected chi connectivity index (χ0v) is 15.8. The van der Waals surface area contributed by atoms with Gasteiger partial charge in [-0.25, -0.2) is 17.9 Å². The van der Waals surface area contributed by atoms with Gasteiger partial charge in [0.1, 0.15) is 0 Å². The van der Waals surface area contributed by atoms with Crippen molar-refractivity contribution in [3.05, 3.63) is 29.3 Å². The van der Waals surface area contributed by atoms with Crippen molar-refractivity contribution in [2.75, 3.05) is 7.11 Å². The molecule has 0 fully saturated rings. The van der Waals surface area contributed by atoms with Gasteiger partial charge in [-0.3, -0.25) is 0 Å². The summed E-state index contributed by atoms with van der Waals surface area (Å²) in [5.74, 6) is -0.548. The maximum absolute atomic E-state index is 12.6. The third-order valence-electron chi connectivity index (χ3n) is 3.31. The second kappa shape index (κ2) is 6.61. The van der Waals surface area contributed by atoms with Crippen molar-refractivity contribution in [3.63, 3.8) is 0 Å². The average Bonchev–Trinajstić information content (AvgIpc) is 2.33. The van der Waals surface area contributed by atoms with Crippen molar-refractivity contribution in [1.82, 2.24) is 4.72 Å². The Kier molecular flexibility index (Phi) is 5.65. The normalized spacial score (nSPS) is 13.0. The largest absolute Gasteiger partial charge is 0.465 e. The highest BCUT2D eigenvalue weighted by molar-refractivity contribution is 7.89. The summed E-state index contributed by atoms with van der Waals surface area (Å²) in [6, 6.07) is 4.46. The van der Waals surface area contributed by atoms with Crippen LogP contribution < -0.4 is 4.72 Å². The Balaban J connectivity index is 3.17. The van der Waals surface area contributed by atoms with Crippen LogP contribution in [0.25, 0.3) is 0 Å². The summed E-state index contributed by atoms with van der Waals surface area (Å²) in [6.07, 6.45) is 0.676. The lowest BCUT2D eigenvalue weighted by atomic mass is 9.82. The van der Waals surface area contributed by atoms with Crippen LogP contribution in [-0.4, -0.2) is 27.0 Å². The molecule has 23 heavy (non-hydrogen) atoms. The first-order chi connectivity index (χ1) is 10.3. The number of benzene rings is 1. The summed E-state index contributed by atoms with van der Waals surface area (Å²) in [7, 11) is -2.46. The van der Waals surface area contributed by atoms with Crippen LogP contribution in [0.4, 0.5) is 0 Å². The second-order valence-electron chi connectivity index (χ2n) is 7.70. The van der Waals surface area contributed by atoms with Crippen LogP contribution in [0.15, 0.2) is 23.1 Å². The molecule has 0 aromatic heterocycles. The minimum atomic E-state index is -3.73.